The Balaban J connectivity index is 2.43. The van der Waals surface area contributed by atoms with Crippen molar-refractivity contribution in [3.63, 3.8) is 0 Å². The number of alkyl halides is 3. The van der Waals surface area contributed by atoms with Crippen LogP contribution >= 0.6 is 11.9 Å². The van der Waals surface area contributed by atoms with Crippen LogP contribution in [0.4, 0.5) is 13.2 Å². The molecule has 1 aromatic rings. The standard InChI is InChI=1S/C15H10F3NOS/c1-8-5-9-7-21-19-14-10(13(9)12(20)6-8)3-2-4-11(14)15(16,17)18/h2-5,7H,6H2,1H3. The second-order valence-electron chi connectivity index (χ2n) is 4.94. The molecule has 1 aromatic carbocycles. The highest BCUT2D eigenvalue weighted by molar-refractivity contribution is 8.00. The second kappa shape index (κ2) is 4.87. The van der Waals surface area contributed by atoms with Gasteiger partial charge in [-0.1, -0.05) is 23.8 Å². The van der Waals surface area contributed by atoms with Crippen molar-refractivity contribution >= 4 is 23.3 Å². The molecule has 0 radical (unpaired) electrons. The molecule has 0 bridgehead atoms. The van der Waals surface area contributed by atoms with Gasteiger partial charge in [0, 0.05) is 34.6 Å². The van der Waals surface area contributed by atoms with Crippen molar-refractivity contribution in [2.45, 2.75) is 19.5 Å². The molecule has 108 valence electrons. The van der Waals surface area contributed by atoms with E-state index in [0.29, 0.717) is 11.1 Å². The number of hydrogen-bond donors (Lipinski definition) is 0. The smallest absolute Gasteiger partial charge is 0.294 e. The molecule has 1 aliphatic heterocycles. The van der Waals surface area contributed by atoms with Crippen molar-refractivity contribution < 1.29 is 18.0 Å². The molecule has 0 amide bonds. The summed E-state index contributed by atoms with van der Waals surface area (Å²) in [7, 11) is 0. The number of ketones is 1. The van der Waals surface area contributed by atoms with Crippen LogP contribution in [0.5, 0.6) is 0 Å². The highest BCUT2D eigenvalue weighted by Crippen LogP contribution is 2.30. The van der Waals surface area contributed by atoms with Gasteiger partial charge in [-0.3, -0.25) is 4.79 Å². The molecule has 0 saturated heterocycles. The fourth-order valence-electron chi connectivity index (χ4n) is 2.50. The topological polar surface area (TPSA) is 29.4 Å². The Labute approximate surface area is 122 Å². The number of hydrogen-bond acceptors (Lipinski definition) is 3. The molecule has 0 unspecified atom stereocenters. The van der Waals surface area contributed by atoms with Crippen LogP contribution in [0.25, 0.3) is 5.57 Å². The zero-order valence-corrected chi connectivity index (χ0v) is 11.8. The minimum Gasteiger partial charge on any atom is -0.294 e. The fraction of sp³-hybridized carbons (Fsp3) is 0.200. The maximum atomic E-state index is 13.1. The molecule has 0 atom stereocenters. The largest absolute Gasteiger partial charge is 0.418 e. The summed E-state index contributed by atoms with van der Waals surface area (Å²) < 4.78 is 43.3. The predicted octanol–water partition coefficient (Wildman–Crippen LogP) is 2.94. The third kappa shape index (κ3) is 2.44. The van der Waals surface area contributed by atoms with Crippen LogP contribution in [0.3, 0.4) is 0 Å². The first-order chi connectivity index (χ1) is 9.88. The summed E-state index contributed by atoms with van der Waals surface area (Å²) in [6.45, 7) is 1.83. The molecule has 0 N–H and O–H groups in total. The summed E-state index contributed by atoms with van der Waals surface area (Å²) in [4.78, 5) is 12.3. The Kier molecular flexibility index (Phi) is 3.28. The number of halogens is 3. The predicted molar refractivity (Wildman–Crippen MR) is 74.7 cm³/mol. The van der Waals surface area contributed by atoms with E-state index < -0.39 is 11.7 Å². The van der Waals surface area contributed by atoms with Gasteiger partial charge >= 0.3 is 6.18 Å². The van der Waals surface area contributed by atoms with E-state index in [9.17, 15) is 18.0 Å². The second-order valence-corrected chi connectivity index (χ2v) is 5.56. The van der Waals surface area contributed by atoms with E-state index in [1.54, 1.807) is 5.41 Å². The zero-order chi connectivity index (χ0) is 15.2. The highest BCUT2D eigenvalue weighted by atomic mass is 32.2. The van der Waals surface area contributed by atoms with Crippen LogP contribution < -0.4 is 10.6 Å². The number of rotatable bonds is 0. The van der Waals surface area contributed by atoms with Crippen LogP contribution in [-0.4, -0.2) is 5.78 Å². The monoisotopic (exact) mass is 309 g/mol. The van der Waals surface area contributed by atoms with Gasteiger partial charge in [0.25, 0.3) is 0 Å². The van der Waals surface area contributed by atoms with Gasteiger partial charge in [0.2, 0.25) is 0 Å². The molecular formula is C15H10F3NOS. The lowest BCUT2D eigenvalue weighted by Crippen LogP contribution is -2.36. The lowest BCUT2D eigenvalue weighted by atomic mass is 9.88. The summed E-state index contributed by atoms with van der Waals surface area (Å²) in [6, 6.07) is 3.83. The minimum absolute atomic E-state index is 0.167. The summed E-state index contributed by atoms with van der Waals surface area (Å²) in [6.07, 6.45) is -2.44. The number of Topliss-reactive ketones (excluding diaryl/α,β-unsaturated/α-hetero) is 1. The molecule has 3 rings (SSSR count). The van der Waals surface area contributed by atoms with Crippen molar-refractivity contribution in [2.75, 3.05) is 0 Å². The first-order valence-corrected chi connectivity index (χ1v) is 7.07. The van der Waals surface area contributed by atoms with Crippen LogP contribution in [0, 0.1) is 0 Å². The molecule has 1 aliphatic carbocycles. The fourth-order valence-corrected chi connectivity index (χ4v) is 3.15. The Morgan fingerprint density at radius 3 is 2.76 bits per heavy atom. The van der Waals surface area contributed by atoms with Crippen molar-refractivity contribution in [2.24, 2.45) is 4.40 Å². The Bertz CT molecular complexity index is 818. The van der Waals surface area contributed by atoms with E-state index in [1.165, 1.54) is 12.1 Å². The van der Waals surface area contributed by atoms with Gasteiger partial charge in [-0.25, -0.2) is 4.40 Å². The van der Waals surface area contributed by atoms with Gasteiger partial charge in [-0.05, 0) is 18.6 Å². The molecule has 2 aliphatic rings. The summed E-state index contributed by atoms with van der Waals surface area (Å²) >= 11 is 0.924. The van der Waals surface area contributed by atoms with Crippen LogP contribution in [0.15, 0.2) is 45.2 Å². The number of allylic oxidation sites excluding steroid dienone is 3. The number of fused-ring (bicyclic) bond motifs is 2. The summed E-state index contributed by atoms with van der Waals surface area (Å²) in [5.74, 6) is -0.167. The van der Waals surface area contributed by atoms with Gasteiger partial charge < -0.3 is 0 Å². The van der Waals surface area contributed by atoms with Crippen molar-refractivity contribution in [1.82, 2.24) is 0 Å². The van der Waals surface area contributed by atoms with Gasteiger partial charge in [-0.2, -0.15) is 13.2 Å². The highest BCUT2D eigenvalue weighted by Gasteiger charge is 2.33. The van der Waals surface area contributed by atoms with Crippen molar-refractivity contribution in [3.05, 3.63) is 57.0 Å². The Morgan fingerprint density at radius 2 is 2.05 bits per heavy atom. The molecule has 21 heavy (non-hydrogen) atoms. The van der Waals surface area contributed by atoms with Crippen molar-refractivity contribution in [3.8, 4) is 0 Å². The Hall–Kier alpha value is -1.82. The number of carbonyl (C=O) groups is 1. The summed E-state index contributed by atoms with van der Waals surface area (Å²) in [5.41, 5.74) is 1.05. The minimum atomic E-state index is -4.50. The number of carbonyl (C=O) groups excluding carboxylic acids is 1. The first-order valence-electron chi connectivity index (χ1n) is 6.23. The molecule has 6 heteroatoms. The van der Waals surface area contributed by atoms with Gasteiger partial charge in [0.1, 0.15) is 0 Å². The molecule has 0 spiro atoms. The SMILES string of the molecule is CC1=CC2=CSN=c3c(C(F)(F)F)cccc3=C2C(=O)C1. The van der Waals surface area contributed by atoms with Gasteiger partial charge in [-0.15, -0.1) is 0 Å². The van der Waals surface area contributed by atoms with E-state index in [1.807, 2.05) is 13.0 Å². The first kappa shape index (κ1) is 14.1. The third-order valence-electron chi connectivity index (χ3n) is 3.34. The lowest BCUT2D eigenvalue weighted by Gasteiger charge is -2.15. The molecule has 1 heterocycles. The molecule has 0 fully saturated rings. The van der Waals surface area contributed by atoms with E-state index >= 15 is 0 Å². The normalized spacial score (nSPS) is 18.1. The lowest BCUT2D eigenvalue weighted by molar-refractivity contribution is -0.138. The maximum absolute atomic E-state index is 13.1. The van der Waals surface area contributed by atoms with E-state index in [4.69, 9.17) is 0 Å². The maximum Gasteiger partial charge on any atom is 0.418 e. The van der Waals surface area contributed by atoms with Gasteiger partial charge in [0.05, 0.1) is 10.9 Å². The molecule has 0 saturated carbocycles. The zero-order valence-electron chi connectivity index (χ0n) is 11.0. The third-order valence-corrected chi connectivity index (χ3v) is 3.99. The Morgan fingerprint density at radius 1 is 1.29 bits per heavy atom. The molecule has 0 aromatic heterocycles. The van der Waals surface area contributed by atoms with Crippen LogP contribution in [0.2, 0.25) is 0 Å². The average molecular weight is 309 g/mol. The van der Waals surface area contributed by atoms with Crippen molar-refractivity contribution in [1.29, 1.82) is 0 Å². The number of nitrogens with zero attached hydrogens (tertiary/aromatic N) is 1. The summed E-state index contributed by atoms with van der Waals surface area (Å²) in [5, 5.41) is 1.71. The average Bonchev–Trinajstić information content (AvgIpc) is 2.55. The van der Waals surface area contributed by atoms with Gasteiger partial charge in [0.15, 0.2) is 5.78 Å². The molecule has 2 nitrogen and oxygen atoms in total. The quantitative estimate of drug-likeness (QED) is 0.690. The van der Waals surface area contributed by atoms with E-state index in [0.717, 1.165) is 23.6 Å². The van der Waals surface area contributed by atoms with Crippen LogP contribution in [0.1, 0.15) is 18.9 Å². The van der Waals surface area contributed by atoms with E-state index in [2.05, 4.69) is 4.40 Å². The number of benzene rings is 1. The van der Waals surface area contributed by atoms with Crippen LogP contribution in [-0.2, 0) is 11.0 Å². The van der Waals surface area contributed by atoms with E-state index in [-0.39, 0.29) is 22.8 Å². The molecular weight excluding hydrogens is 299 g/mol.